The van der Waals surface area contributed by atoms with Crippen molar-refractivity contribution in [2.75, 3.05) is 30.4 Å². The minimum atomic E-state index is -0.763. The zero-order valence-corrected chi connectivity index (χ0v) is 12.8. The molecule has 0 aliphatic carbocycles. The lowest BCUT2D eigenvalue weighted by Gasteiger charge is -2.16. The van der Waals surface area contributed by atoms with Crippen LogP contribution in [0.3, 0.4) is 0 Å². The van der Waals surface area contributed by atoms with Crippen LogP contribution < -0.4 is 10.2 Å². The third-order valence-electron chi connectivity index (χ3n) is 3.71. The Bertz CT molecular complexity index is 668. The van der Waals surface area contributed by atoms with Gasteiger partial charge in [-0.1, -0.05) is 0 Å². The maximum atomic E-state index is 12.2. The number of hydrogen-bond acceptors (Lipinski definition) is 5. The minimum Gasteiger partial charge on any atom is -0.390 e. The Hall–Kier alpha value is -1.86. The number of carbonyl (C=O) groups excluding carboxylic acids is 1. The van der Waals surface area contributed by atoms with E-state index in [1.165, 1.54) is 6.20 Å². The number of fused-ring (bicyclic) bond motifs is 1. The van der Waals surface area contributed by atoms with Gasteiger partial charge in [0.1, 0.15) is 11.4 Å². The van der Waals surface area contributed by atoms with Crippen LogP contribution in [0.25, 0.3) is 5.65 Å². The Morgan fingerprint density at radius 1 is 1.45 bits per heavy atom. The smallest absolute Gasteiger partial charge is 0.256 e. The number of amides is 1. The first-order chi connectivity index (χ1) is 10.7. The number of nitrogens with zero attached hydrogens (tertiary/aromatic N) is 4. The number of carbonyl (C=O) groups is 1. The van der Waals surface area contributed by atoms with Gasteiger partial charge in [-0.05, 0) is 18.9 Å². The van der Waals surface area contributed by atoms with Crippen LogP contribution in [0, 0.1) is 0 Å². The summed E-state index contributed by atoms with van der Waals surface area (Å²) < 4.78 is 1.58. The van der Waals surface area contributed by atoms with Crippen molar-refractivity contribution < 1.29 is 9.90 Å². The number of hydrogen-bond donors (Lipinski definition) is 2. The fourth-order valence-corrected chi connectivity index (χ4v) is 2.61. The standard InChI is InChI=1S/C14H18ClN5O2/c15-7-10(21)8-16-14(22)11-9-17-20-6-3-12(18-13(11)20)19-4-1-2-5-19/h3,6,9-10,21H,1-2,4-5,7-8H2,(H,16,22). The lowest BCUT2D eigenvalue weighted by atomic mass is 10.3. The molecule has 2 N–H and O–H groups in total. The second kappa shape index (κ2) is 6.50. The van der Waals surface area contributed by atoms with Crippen LogP contribution in [-0.2, 0) is 0 Å². The molecule has 2 aromatic rings. The Labute approximate surface area is 132 Å². The Balaban J connectivity index is 1.83. The maximum absolute atomic E-state index is 12.2. The van der Waals surface area contributed by atoms with Crippen LogP contribution in [-0.4, -0.2) is 57.2 Å². The number of rotatable bonds is 5. The van der Waals surface area contributed by atoms with E-state index in [0.29, 0.717) is 11.2 Å². The van der Waals surface area contributed by atoms with Gasteiger partial charge in [-0.25, -0.2) is 9.50 Å². The molecular weight excluding hydrogens is 306 g/mol. The molecule has 3 rings (SSSR count). The van der Waals surface area contributed by atoms with Crippen molar-refractivity contribution in [2.45, 2.75) is 18.9 Å². The molecule has 1 atom stereocenters. The molecule has 1 fully saturated rings. The first-order valence-electron chi connectivity index (χ1n) is 7.30. The second-order valence-corrected chi connectivity index (χ2v) is 5.63. The predicted molar refractivity (Wildman–Crippen MR) is 83.5 cm³/mol. The molecule has 22 heavy (non-hydrogen) atoms. The van der Waals surface area contributed by atoms with Crippen LogP contribution in [0.1, 0.15) is 23.2 Å². The molecule has 2 aromatic heterocycles. The highest BCUT2D eigenvalue weighted by atomic mass is 35.5. The Morgan fingerprint density at radius 2 is 2.23 bits per heavy atom. The van der Waals surface area contributed by atoms with Crippen LogP contribution in [0.2, 0.25) is 0 Å². The normalized spacial score (nSPS) is 16.2. The topological polar surface area (TPSA) is 82.8 Å². The number of alkyl halides is 1. The summed E-state index contributed by atoms with van der Waals surface area (Å²) in [6.07, 6.45) is 4.85. The predicted octanol–water partition coefficient (Wildman–Crippen LogP) is 0.659. The van der Waals surface area contributed by atoms with Gasteiger partial charge in [0, 0.05) is 25.8 Å². The first kappa shape index (κ1) is 15.1. The SMILES string of the molecule is O=C(NCC(O)CCl)c1cnn2ccc(N3CCCC3)nc12. The number of halogens is 1. The summed E-state index contributed by atoms with van der Waals surface area (Å²) in [4.78, 5) is 19.0. The molecule has 0 radical (unpaired) electrons. The molecule has 1 aliphatic heterocycles. The van der Waals surface area contributed by atoms with Gasteiger partial charge >= 0.3 is 0 Å². The molecule has 0 aromatic carbocycles. The van der Waals surface area contributed by atoms with E-state index in [1.807, 2.05) is 6.07 Å². The molecule has 7 nitrogen and oxygen atoms in total. The van der Waals surface area contributed by atoms with Gasteiger partial charge in [0.05, 0.1) is 18.2 Å². The van der Waals surface area contributed by atoms with E-state index in [2.05, 4.69) is 20.3 Å². The summed E-state index contributed by atoms with van der Waals surface area (Å²) in [6, 6.07) is 1.91. The molecule has 1 aliphatic rings. The van der Waals surface area contributed by atoms with E-state index in [1.54, 1.807) is 10.7 Å². The third-order valence-corrected chi connectivity index (χ3v) is 4.06. The molecule has 118 valence electrons. The fraction of sp³-hybridized carbons (Fsp3) is 0.500. The highest BCUT2D eigenvalue weighted by Gasteiger charge is 2.18. The average molecular weight is 324 g/mol. The van der Waals surface area contributed by atoms with Crippen molar-refractivity contribution in [1.82, 2.24) is 19.9 Å². The van der Waals surface area contributed by atoms with E-state index in [4.69, 9.17) is 11.6 Å². The van der Waals surface area contributed by atoms with E-state index in [0.717, 1.165) is 31.7 Å². The van der Waals surface area contributed by atoms with Crippen LogP contribution in [0.5, 0.6) is 0 Å². The molecule has 3 heterocycles. The summed E-state index contributed by atoms with van der Waals surface area (Å²) in [5.41, 5.74) is 0.907. The average Bonchev–Trinajstić information content (AvgIpc) is 3.20. The van der Waals surface area contributed by atoms with Crippen LogP contribution >= 0.6 is 11.6 Å². The molecule has 8 heteroatoms. The molecule has 1 unspecified atom stereocenters. The maximum Gasteiger partial charge on any atom is 0.256 e. The summed E-state index contributed by atoms with van der Waals surface area (Å²) in [7, 11) is 0. The number of anilines is 1. The quantitative estimate of drug-likeness (QED) is 0.790. The van der Waals surface area contributed by atoms with E-state index >= 15 is 0 Å². The highest BCUT2D eigenvalue weighted by molar-refractivity contribution is 6.18. The summed E-state index contributed by atoms with van der Waals surface area (Å²) in [5, 5.41) is 16.2. The zero-order chi connectivity index (χ0) is 15.5. The highest BCUT2D eigenvalue weighted by Crippen LogP contribution is 2.19. The van der Waals surface area contributed by atoms with Crippen molar-refractivity contribution in [2.24, 2.45) is 0 Å². The van der Waals surface area contributed by atoms with Gasteiger partial charge in [-0.15, -0.1) is 11.6 Å². The number of nitrogens with one attached hydrogen (secondary N) is 1. The molecule has 0 bridgehead atoms. The summed E-state index contributed by atoms with van der Waals surface area (Å²) in [6.45, 7) is 2.08. The molecule has 0 spiro atoms. The van der Waals surface area contributed by atoms with Gasteiger partial charge in [0.2, 0.25) is 0 Å². The Kier molecular flexibility index (Phi) is 4.44. The fourth-order valence-electron chi connectivity index (χ4n) is 2.50. The van der Waals surface area contributed by atoms with Crippen LogP contribution in [0.4, 0.5) is 5.82 Å². The first-order valence-corrected chi connectivity index (χ1v) is 7.84. The monoisotopic (exact) mass is 323 g/mol. The van der Waals surface area contributed by atoms with Crippen molar-refractivity contribution in [3.05, 3.63) is 24.0 Å². The third kappa shape index (κ3) is 3.00. The number of aliphatic hydroxyl groups is 1. The number of aliphatic hydroxyl groups excluding tert-OH is 1. The van der Waals surface area contributed by atoms with E-state index in [-0.39, 0.29) is 18.3 Å². The zero-order valence-electron chi connectivity index (χ0n) is 12.1. The van der Waals surface area contributed by atoms with Gasteiger partial charge in [0.15, 0.2) is 5.65 Å². The second-order valence-electron chi connectivity index (χ2n) is 5.32. The molecule has 1 saturated heterocycles. The van der Waals surface area contributed by atoms with Gasteiger partial charge < -0.3 is 15.3 Å². The van der Waals surface area contributed by atoms with Gasteiger partial charge in [0.25, 0.3) is 5.91 Å². The number of aromatic nitrogens is 3. The van der Waals surface area contributed by atoms with Crippen molar-refractivity contribution in [3.63, 3.8) is 0 Å². The van der Waals surface area contributed by atoms with E-state index in [9.17, 15) is 9.90 Å². The largest absolute Gasteiger partial charge is 0.390 e. The van der Waals surface area contributed by atoms with Crippen molar-refractivity contribution >= 4 is 29.0 Å². The van der Waals surface area contributed by atoms with Crippen LogP contribution in [0.15, 0.2) is 18.5 Å². The van der Waals surface area contributed by atoms with Gasteiger partial charge in [-0.3, -0.25) is 4.79 Å². The lowest BCUT2D eigenvalue weighted by Crippen LogP contribution is -2.33. The van der Waals surface area contributed by atoms with Crippen molar-refractivity contribution in [3.8, 4) is 0 Å². The molecule has 1 amide bonds. The van der Waals surface area contributed by atoms with Gasteiger partial charge in [-0.2, -0.15) is 5.10 Å². The lowest BCUT2D eigenvalue weighted by molar-refractivity contribution is 0.0927. The molecular formula is C14H18ClN5O2. The summed E-state index contributed by atoms with van der Waals surface area (Å²) in [5.74, 6) is 0.623. The Morgan fingerprint density at radius 3 is 2.95 bits per heavy atom. The summed E-state index contributed by atoms with van der Waals surface area (Å²) >= 11 is 5.51. The molecule has 0 saturated carbocycles. The van der Waals surface area contributed by atoms with Crippen molar-refractivity contribution in [1.29, 1.82) is 0 Å². The van der Waals surface area contributed by atoms with E-state index < -0.39 is 6.10 Å². The minimum absolute atomic E-state index is 0.0758.